The molecule has 7 nitrogen and oxygen atoms in total. The highest BCUT2D eigenvalue weighted by molar-refractivity contribution is 5.94. The molecule has 2 fully saturated rings. The average molecular weight is 366 g/mol. The van der Waals surface area contributed by atoms with Crippen molar-refractivity contribution in [2.45, 2.75) is 25.7 Å². The Morgan fingerprint density at radius 2 is 1.44 bits per heavy atom. The monoisotopic (exact) mass is 366 g/mol. The quantitative estimate of drug-likeness (QED) is 0.830. The zero-order valence-electron chi connectivity index (χ0n) is 15.6. The van der Waals surface area contributed by atoms with Gasteiger partial charge in [-0.3, -0.25) is 4.79 Å². The van der Waals surface area contributed by atoms with E-state index < -0.39 is 0 Å². The number of carbonyl (C=O) groups is 1. The molecule has 0 unspecified atom stereocenters. The molecule has 2 saturated heterocycles. The first kappa shape index (κ1) is 17.7. The first-order valence-corrected chi connectivity index (χ1v) is 9.83. The Kier molecular flexibility index (Phi) is 5.46. The van der Waals surface area contributed by atoms with E-state index in [-0.39, 0.29) is 5.91 Å². The van der Waals surface area contributed by atoms with E-state index >= 15 is 0 Å². The minimum atomic E-state index is 0.113. The van der Waals surface area contributed by atoms with Gasteiger partial charge in [-0.25, -0.2) is 15.0 Å². The standard InChI is InChI=1S/C20H26N6O/c27-19(25-10-3-1-2-4-11-25)17-6-7-18(23-16-17)24-12-14-26(15-13-24)20-21-8-5-9-22-20/h5-9,16H,1-4,10-15H2. The van der Waals surface area contributed by atoms with E-state index in [0.717, 1.165) is 63.9 Å². The summed E-state index contributed by atoms with van der Waals surface area (Å²) in [6, 6.07) is 5.72. The fraction of sp³-hybridized carbons (Fsp3) is 0.500. The molecule has 27 heavy (non-hydrogen) atoms. The summed E-state index contributed by atoms with van der Waals surface area (Å²) in [6.07, 6.45) is 9.93. The molecule has 0 saturated carbocycles. The van der Waals surface area contributed by atoms with Crippen molar-refractivity contribution in [1.82, 2.24) is 19.9 Å². The Labute approximate surface area is 160 Å². The van der Waals surface area contributed by atoms with Gasteiger partial charge in [-0.05, 0) is 31.0 Å². The Balaban J connectivity index is 1.36. The van der Waals surface area contributed by atoms with E-state index in [2.05, 4.69) is 24.8 Å². The molecule has 2 aliphatic heterocycles. The van der Waals surface area contributed by atoms with Crippen molar-refractivity contribution in [3.63, 3.8) is 0 Å². The number of likely N-dealkylation sites (tertiary alicyclic amines) is 1. The summed E-state index contributed by atoms with van der Waals surface area (Å²) in [6.45, 7) is 5.18. The third-order valence-electron chi connectivity index (χ3n) is 5.33. The smallest absolute Gasteiger partial charge is 0.255 e. The van der Waals surface area contributed by atoms with Crippen LogP contribution in [0.2, 0.25) is 0 Å². The predicted molar refractivity (Wildman–Crippen MR) is 105 cm³/mol. The molecule has 0 spiro atoms. The summed E-state index contributed by atoms with van der Waals surface area (Å²) < 4.78 is 0. The molecule has 2 aromatic rings. The second-order valence-corrected chi connectivity index (χ2v) is 7.13. The molecule has 4 heterocycles. The molecule has 2 aliphatic rings. The number of hydrogen-bond donors (Lipinski definition) is 0. The molecular weight excluding hydrogens is 340 g/mol. The highest BCUT2D eigenvalue weighted by atomic mass is 16.2. The number of pyridine rings is 1. The maximum Gasteiger partial charge on any atom is 0.255 e. The molecule has 0 bridgehead atoms. The van der Waals surface area contributed by atoms with E-state index in [1.807, 2.05) is 23.1 Å². The van der Waals surface area contributed by atoms with Gasteiger partial charge in [0.15, 0.2) is 0 Å². The summed E-state index contributed by atoms with van der Waals surface area (Å²) >= 11 is 0. The minimum absolute atomic E-state index is 0.113. The highest BCUT2D eigenvalue weighted by Crippen LogP contribution is 2.18. The maximum absolute atomic E-state index is 12.7. The number of amides is 1. The number of anilines is 2. The summed E-state index contributed by atoms with van der Waals surface area (Å²) in [5, 5.41) is 0. The predicted octanol–water partition coefficient (Wildman–Crippen LogP) is 2.21. The summed E-state index contributed by atoms with van der Waals surface area (Å²) in [7, 11) is 0. The first-order valence-electron chi connectivity index (χ1n) is 9.83. The van der Waals surface area contributed by atoms with Crippen molar-refractivity contribution >= 4 is 17.7 Å². The molecule has 2 aromatic heterocycles. The molecule has 7 heteroatoms. The summed E-state index contributed by atoms with van der Waals surface area (Å²) in [5.41, 5.74) is 0.692. The van der Waals surface area contributed by atoms with Gasteiger partial charge in [0, 0.05) is 57.9 Å². The Hall–Kier alpha value is -2.70. The lowest BCUT2D eigenvalue weighted by Crippen LogP contribution is -2.47. The van der Waals surface area contributed by atoms with Gasteiger partial charge in [0.1, 0.15) is 5.82 Å². The molecule has 1 amide bonds. The van der Waals surface area contributed by atoms with Crippen LogP contribution in [-0.4, -0.2) is 65.0 Å². The van der Waals surface area contributed by atoms with Crippen molar-refractivity contribution in [3.8, 4) is 0 Å². The van der Waals surface area contributed by atoms with Crippen molar-refractivity contribution in [2.75, 3.05) is 49.1 Å². The van der Waals surface area contributed by atoms with Crippen LogP contribution in [0.1, 0.15) is 36.0 Å². The van der Waals surface area contributed by atoms with Gasteiger partial charge in [-0.2, -0.15) is 0 Å². The zero-order chi connectivity index (χ0) is 18.5. The number of aromatic nitrogens is 3. The SMILES string of the molecule is O=C(c1ccc(N2CCN(c3ncccn3)CC2)nc1)N1CCCCCC1. The van der Waals surface area contributed by atoms with Crippen LogP contribution in [0, 0.1) is 0 Å². The molecule has 142 valence electrons. The zero-order valence-corrected chi connectivity index (χ0v) is 15.6. The molecule has 0 N–H and O–H groups in total. The van der Waals surface area contributed by atoms with Crippen molar-refractivity contribution in [3.05, 3.63) is 42.4 Å². The molecular formula is C20H26N6O. The number of piperazine rings is 1. The van der Waals surface area contributed by atoms with Crippen LogP contribution in [0.3, 0.4) is 0 Å². The first-order chi connectivity index (χ1) is 13.3. The average Bonchev–Trinajstić information content (AvgIpc) is 3.04. The van der Waals surface area contributed by atoms with Gasteiger partial charge in [0.25, 0.3) is 5.91 Å². The van der Waals surface area contributed by atoms with Crippen molar-refractivity contribution in [1.29, 1.82) is 0 Å². The fourth-order valence-corrected chi connectivity index (χ4v) is 3.75. The minimum Gasteiger partial charge on any atom is -0.353 e. The van der Waals surface area contributed by atoms with Gasteiger partial charge in [0.2, 0.25) is 5.95 Å². The lowest BCUT2D eigenvalue weighted by molar-refractivity contribution is 0.0761. The molecule has 0 atom stereocenters. The highest BCUT2D eigenvalue weighted by Gasteiger charge is 2.21. The van der Waals surface area contributed by atoms with Crippen LogP contribution in [0.25, 0.3) is 0 Å². The van der Waals surface area contributed by atoms with Gasteiger partial charge in [-0.15, -0.1) is 0 Å². The van der Waals surface area contributed by atoms with Crippen LogP contribution in [0.15, 0.2) is 36.8 Å². The van der Waals surface area contributed by atoms with Gasteiger partial charge < -0.3 is 14.7 Å². The maximum atomic E-state index is 12.7. The molecule has 0 aromatic carbocycles. The van der Waals surface area contributed by atoms with E-state index in [9.17, 15) is 4.79 Å². The molecule has 4 rings (SSSR count). The second-order valence-electron chi connectivity index (χ2n) is 7.13. The van der Waals surface area contributed by atoms with Gasteiger partial charge in [-0.1, -0.05) is 12.8 Å². The van der Waals surface area contributed by atoms with Crippen LogP contribution in [0.5, 0.6) is 0 Å². The van der Waals surface area contributed by atoms with Crippen LogP contribution in [-0.2, 0) is 0 Å². The van der Waals surface area contributed by atoms with Gasteiger partial charge >= 0.3 is 0 Å². The summed E-state index contributed by atoms with van der Waals surface area (Å²) in [4.78, 5) is 32.3. The molecule has 0 aliphatic carbocycles. The molecule has 0 radical (unpaired) electrons. The Morgan fingerprint density at radius 3 is 2.07 bits per heavy atom. The van der Waals surface area contributed by atoms with E-state index in [0.29, 0.717) is 5.56 Å². The van der Waals surface area contributed by atoms with E-state index in [4.69, 9.17) is 0 Å². The normalized spacial score (nSPS) is 18.3. The number of hydrogen-bond acceptors (Lipinski definition) is 6. The van der Waals surface area contributed by atoms with Crippen LogP contribution < -0.4 is 9.80 Å². The number of nitrogens with zero attached hydrogens (tertiary/aromatic N) is 6. The van der Waals surface area contributed by atoms with Crippen molar-refractivity contribution < 1.29 is 4.79 Å². The number of rotatable bonds is 3. The topological polar surface area (TPSA) is 65.5 Å². The third-order valence-corrected chi connectivity index (χ3v) is 5.33. The number of carbonyl (C=O) groups excluding carboxylic acids is 1. The Bertz CT molecular complexity index is 735. The lowest BCUT2D eigenvalue weighted by atomic mass is 10.2. The lowest BCUT2D eigenvalue weighted by Gasteiger charge is -2.35. The summed E-state index contributed by atoms with van der Waals surface area (Å²) in [5.74, 6) is 1.82. The van der Waals surface area contributed by atoms with Crippen LogP contribution in [0.4, 0.5) is 11.8 Å². The second kappa shape index (κ2) is 8.33. The van der Waals surface area contributed by atoms with Crippen LogP contribution >= 0.6 is 0 Å². The van der Waals surface area contributed by atoms with Crippen molar-refractivity contribution in [2.24, 2.45) is 0 Å². The Morgan fingerprint density at radius 1 is 0.778 bits per heavy atom. The fourth-order valence-electron chi connectivity index (χ4n) is 3.75. The largest absolute Gasteiger partial charge is 0.353 e. The third kappa shape index (κ3) is 4.18. The van der Waals surface area contributed by atoms with E-state index in [1.54, 1.807) is 18.6 Å². The van der Waals surface area contributed by atoms with E-state index in [1.165, 1.54) is 12.8 Å². The van der Waals surface area contributed by atoms with Gasteiger partial charge in [0.05, 0.1) is 5.56 Å².